The first-order valence-electron chi connectivity index (χ1n) is 8.06. The van der Waals surface area contributed by atoms with E-state index in [1.54, 1.807) is 27.7 Å². The molecule has 0 aliphatic carbocycles. The average Bonchev–Trinajstić information content (AvgIpc) is 2.81. The van der Waals surface area contributed by atoms with E-state index in [1.165, 1.54) is 18.0 Å². The predicted molar refractivity (Wildman–Crippen MR) is 76.9 cm³/mol. The van der Waals surface area contributed by atoms with E-state index in [0.717, 1.165) is 0 Å². The summed E-state index contributed by atoms with van der Waals surface area (Å²) in [6.07, 6.45) is -0.580. The molecule has 1 aromatic heterocycles. The van der Waals surface area contributed by atoms with Gasteiger partial charge in [-0.3, -0.25) is 4.68 Å². The number of carbonyl (C=O) groups is 2. The minimum atomic E-state index is -2.63. The fourth-order valence-corrected chi connectivity index (χ4v) is 1.51. The minimum Gasteiger partial charge on any atom is -0.461 e. The quantitative estimate of drug-likeness (QED) is 0.795. The van der Waals surface area contributed by atoms with E-state index < -0.39 is 24.6 Å². The molecule has 118 valence electrons. The van der Waals surface area contributed by atoms with Gasteiger partial charge in [0.05, 0.1) is 18.8 Å². The maximum atomic E-state index is 12.0. The largest absolute Gasteiger partial charge is 0.461 e. The van der Waals surface area contributed by atoms with Crippen LogP contribution in [0.3, 0.4) is 0 Å². The number of rotatable bonds is 4. The zero-order valence-corrected chi connectivity index (χ0v) is 13.0. The average molecular weight is 300 g/mol. The van der Waals surface area contributed by atoms with Gasteiger partial charge in [-0.05, 0) is 33.8 Å². The van der Waals surface area contributed by atoms with Gasteiger partial charge in [0.15, 0.2) is 0 Å². The van der Waals surface area contributed by atoms with Crippen LogP contribution in [0.15, 0.2) is 6.07 Å². The van der Waals surface area contributed by atoms with Crippen LogP contribution in [0.1, 0.15) is 48.0 Å². The Balaban J connectivity index is 3.01. The lowest BCUT2D eigenvalue weighted by Gasteiger charge is -2.24. The molecule has 1 amide bonds. The SMILES string of the molecule is [2H]C([2H])([2H])n1nc(CN(C)C(=O)OC(C)(C)C)cc1C(=O)OCC. The van der Waals surface area contributed by atoms with E-state index in [1.807, 2.05) is 0 Å². The Kier molecular flexibility index (Phi) is 3.98. The number of esters is 1. The monoisotopic (exact) mass is 300 g/mol. The highest BCUT2D eigenvalue weighted by Crippen LogP contribution is 2.12. The molecule has 0 spiro atoms. The lowest BCUT2D eigenvalue weighted by molar-refractivity contribution is 0.0282. The van der Waals surface area contributed by atoms with E-state index in [4.69, 9.17) is 13.6 Å². The molecule has 0 radical (unpaired) electrons. The molecule has 7 nitrogen and oxygen atoms in total. The zero-order chi connectivity index (χ0) is 18.7. The van der Waals surface area contributed by atoms with E-state index in [9.17, 15) is 9.59 Å². The van der Waals surface area contributed by atoms with Crippen molar-refractivity contribution in [1.29, 1.82) is 0 Å². The summed E-state index contributed by atoms with van der Waals surface area (Å²) in [4.78, 5) is 25.1. The first kappa shape index (κ1) is 12.7. The lowest BCUT2D eigenvalue weighted by Crippen LogP contribution is -2.33. The van der Waals surface area contributed by atoms with Crippen LogP contribution < -0.4 is 0 Å². The van der Waals surface area contributed by atoms with Crippen LogP contribution >= 0.6 is 0 Å². The van der Waals surface area contributed by atoms with Gasteiger partial charge in [0.1, 0.15) is 11.3 Å². The summed E-state index contributed by atoms with van der Waals surface area (Å²) in [6.45, 7) is 4.29. The van der Waals surface area contributed by atoms with Crippen LogP contribution in [0.5, 0.6) is 0 Å². The van der Waals surface area contributed by atoms with Gasteiger partial charge in [-0.1, -0.05) is 0 Å². The van der Waals surface area contributed by atoms with Crippen molar-refractivity contribution in [3.8, 4) is 0 Å². The van der Waals surface area contributed by atoms with Crippen molar-refractivity contribution in [2.75, 3.05) is 13.7 Å². The van der Waals surface area contributed by atoms with Gasteiger partial charge >= 0.3 is 12.1 Å². The number of ether oxygens (including phenoxy) is 2. The van der Waals surface area contributed by atoms with Crippen molar-refractivity contribution >= 4 is 12.1 Å². The standard InChI is InChI=1S/C14H23N3O4/c1-7-20-12(18)11-8-10(15-17(11)6)9-16(5)13(19)21-14(2,3)4/h8H,7,9H2,1-6H3/i6D3. The molecule has 0 aromatic carbocycles. The molecule has 1 heterocycles. The summed E-state index contributed by atoms with van der Waals surface area (Å²) in [5.41, 5.74) is -0.605. The van der Waals surface area contributed by atoms with Gasteiger partial charge in [0.25, 0.3) is 0 Å². The van der Waals surface area contributed by atoms with Gasteiger partial charge < -0.3 is 14.4 Å². The Labute approximate surface area is 129 Å². The van der Waals surface area contributed by atoms with Gasteiger partial charge in [-0.2, -0.15) is 5.10 Å². The number of nitrogens with zero attached hydrogens (tertiary/aromatic N) is 3. The molecule has 1 aromatic rings. The van der Waals surface area contributed by atoms with Crippen LogP contribution in [0.4, 0.5) is 4.79 Å². The summed E-state index contributed by atoms with van der Waals surface area (Å²) in [6, 6.07) is 1.30. The molecule has 0 saturated heterocycles. The first-order chi connectivity index (χ1) is 10.8. The fraction of sp³-hybridized carbons (Fsp3) is 0.643. The molecular weight excluding hydrogens is 274 g/mol. The van der Waals surface area contributed by atoms with Gasteiger partial charge in [-0.25, -0.2) is 9.59 Å². The number of aryl methyl sites for hydroxylation is 1. The molecule has 0 unspecified atom stereocenters. The highest BCUT2D eigenvalue weighted by atomic mass is 16.6. The van der Waals surface area contributed by atoms with Gasteiger partial charge in [0.2, 0.25) is 0 Å². The zero-order valence-electron chi connectivity index (χ0n) is 16.0. The first-order valence-corrected chi connectivity index (χ1v) is 6.56. The normalized spacial score (nSPS) is 13.9. The molecule has 21 heavy (non-hydrogen) atoms. The topological polar surface area (TPSA) is 73.7 Å². The molecule has 0 N–H and O–H groups in total. The van der Waals surface area contributed by atoms with Crippen molar-refractivity contribution in [3.63, 3.8) is 0 Å². The molecule has 1 rings (SSSR count). The molecule has 0 saturated carbocycles. The van der Waals surface area contributed by atoms with E-state index in [-0.39, 0.29) is 24.5 Å². The van der Waals surface area contributed by atoms with Crippen LogP contribution in [0.2, 0.25) is 0 Å². The van der Waals surface area contributed by atoms with Crippen molar-refractivity contribution in [2.45, 2.75) is 39.8 Å². The summed E-state index contributed by atoms with van der Waals surface area (Å²) >= 11 is 0. The van der Waals surface area contributed by atoms with E-state index in [0.29, 0.717) is 4.68 Å². The summed E-state index contributed by atoms with van der Waals surface area (Å²) in [5, 5.41) is 3.91. The second-order valence-electron chi connectivity index (χ2n) is 5.49. The highest BCUT2D eigenvalue weighted by Gasteiger charge is 2.21. The van der Waals surface area contributed by atoms with Crippen molar-refractivity contribution < 1.29 is 23.2 Å². The number of amides is 1. The molecule has 0 bridgehead atoms. The number of hydrogen-bond donors (Lipinski definition) is 0. The van der Waals surface area contributed by atoms with Crippen LogP contribution in [0.25, 0.3) is 0 Å². The van der Waals surface area contributed by atoms with Crippen molar-refractivity contribution in [3.05, 3.63) is 17.5 Å². The fourth-order valence-electron chi connectivity index (χ4n) is 1.51. The molecule has 0 aliphatic heterocycles. The van der Waals surface area contributed by atoms with Crippen LogP contribution in [-0.2, 0) is 23.0 Å². The van der Waals surface area contributed by atoms with Crippen molar-refractivity contribution in [2.24, 2.45) is 6.98 Å². The molecule has 0 fully saturated rings. The molecule has 0 aliphatic rings. The smallest absolute Gasteiger partial charge is 0.410 e. The summed E-state index contributed by atoms with van der Waals surface area (Å²) in [5.74, 6) is -0.785. The predicted octanol–water partition coefficient (Wildman–Crippen LogP) is 1.96. The summed E-state index contributed by atoms with van der Waals surface area (Å²) in [7, 11) is 1.49. The van der Waals surface area contributed by atoms with Crippen LogP contribution in [0, 0.1) is 0 Å². The van der Waals surface area contributed by atoms with Crippen LogP contribution in [-0.4, -0.2) is 46.0 Å². The second-order valence-corrected chi connectivity index (χ2v) is 5.49. The Hall–Kier alpha value is -2.05. The second kappa shape index (κ2) is 6.60. The number of aromatic nitrogens is 2. The molecule has 7 heteroatoms. The Morgan fingerprint density at radius 1 is 1.48 bits per heavy atom. The third kappa shape index (κ3) is 5.09. The van der Waals surface area contributed by atoms with E-state index >= 15 is 0 Å². The maximum Gasteiger partial charge on any atom is 0.410 e. The van der Waals surface area contributed by atoms with E-state index in [2.05, 4.69) is 5.10 Å². The maximum absolute atomic E-state index is 12.0. The third-order valence-electron chi connectivity index (χ3n) is 2.35. The van der Waals surface area contributed by atoms with Gasteiger partial charge in [0, 0.05) is 18.1 Å². The Morgan fingerprint density at radius 2 is 2.14 bits per heavy atom. The van der Waals surface area contributed by atoms with Gasteiger partial charge in [-0.15, -0.1) is 0 Å². The lowest BCUT2D eigenvalue weighted by atomic mass is 10.2. The number of carbonyl (C=O) groups excluding carboxylic acids is 2. The Morgan fingerprint density at radius 3 is 2.67 bits per heavy atom. The molecule has 0 atom stereocenters. The third-order valence-corrected chi connectivity index (χ3v) is 2.35. The summed E-state index contributed by atoms with van der Waals surface area (Å²) < 4.78 is 33.1. The minimum absolute atomic E-state index is 0.00953. The Bertz CT molecular complexity index is 605. The van der Waals surface area contributed by atoms with Crippen molar-refractivity contribution in [1.82, 2.24) is 14.7 Å². The highest BCUT2D eigenvalue weighted by molar-refractivity contribution is 5.87. The number of hydrogen-bond acceptors (Lipinski definition) is 5. The molecular formula is C14H23N3O4.